The summed E-state index contributed by atoms with van der Waals surface area (Å²) in [5, 5.41) is 33.2. The molecule has 0 unspecified atom stereocenters. The van der Waals surface area contributed by atoms with Crippen LogP contribution in [0.4, 0.5) is 5.00 Å². The fourth-order valence-electron chi connectivity index (χ4n) is 4.72. The Morgan fingerprint density at radius 1 is 1.03 bits per heavy atom. The van der Waals surface area contributed by atoms with E-state index in [0.29, 0.717) is 22.7 Å². The quantitative estimate of drug-likeness (QED) is 0.279. The molecule has 2 heterocycles. The van der Waals surface area contributed by atoms with E-state index in [-0.39, 0.29) is 5.57 Å². The summed E-state index contributed by atoms with van der Waals surface area (Å²) < 4.78 is 2.02. The number of hydrogen-bond acceptors (Lipinski definition) is 5. The lowest BCUT2D eigenvalue weighted by atomic mass is 9.96. The van der Waals surface area contributed by atoms with Gasteiger partial charge >= 0.3 is 0 Å². The molecule has 0 radical (unpaired) electrons. The van der Waals surface area contributed by atoms with Crippen molar-refractivity contribution in [3.05, 3.63) is 93.0 Å². The van der Waals surface area contributed by atoms with Crippen LogP contribution in [0, 0.1) is 34.0 Å². The number of aromatic nitrogens is 1. The molecule has 2 aromatic heterocycles. The van der Waals surface area contributed by atoms with Crippen molar-refractivity contribution in [2.24, 2.45) is 0 Å². The van der Waals surface area contributed by atoms with Gasteiger partial charge in [-0.1, -0.05) is 36.4 Å². The summed E-state index contributed by atoms with van der Waals surface area (Å²) in [5.74, 6) is -0.528. The molecule has 0 fully saturated rings. The van der Waals surface area contributed by atoms with Crippen molar-refractivity contribution < 1.29 is 4.79 Å². The van der Waals surface area contributed by atoms with Crippen LogP contribution in [-0.2, 0) is 24.2 Å². The lowest BCUT2D eigenvalue weighted by Crippen LogP contribution is -2.13. The number of aryl methyl sites for hydroxylation is 1. The average Bonchev–Trinajstić information content (AvgIpc) is 3.44. The molecule has 0 atom stereocenters. The van der Waals surface area contributed by atoms with Crippen LogP contribution in [0.3, 0.4) is 0 Å². The molecule has 6 nitrogen and oxygen atoms in total. The standard InChI is InChI=1S/C29H21N5OS/c30-14-19-7-1-2-8-20(19)17-34-18-22(23-9-3-5-11-26(23)34)13-21(15-31)28(35)33-29-25(16-32)24-10-4-6-12-27(24)36-29/h1-3,5,7-9,11,13,18H,4,6,10,12,17H2,(H,33,35)/b21-13+. The number of amides is 1. The molecule has 0 saturated heterocycles. The Kier molecular flexibility index (Phi) is 6.37. The number of nitrogens with zero attached hydrogens (tertiary/aromatic N) is 4. The van der Waals surface area contributed by atoms with Crippen molar-refractivity contribution in [2.45, 2.75) is 32.2 Å². The molecule has 4 aromatic rings. The van der Waals surface area contributed by atoms with Crippen LogP contribution >= 0.6 is 11.3 Å². The van der Waals surface area contributed by atoms with Crippen LogP contribution in [-0.4, -0.2) is 10.5 Å². The molecule has 7 heteroatoms. The van der Waals surface area contributed by atoms with Gasteiger partial charge in [-0.3, -0.25) is 4.79 Å². The van der Waals surface area contributed by atoms with E-state index in [1.165, 1.54) is 11.3 Å². The predicted molar refractivity (Wildman–Crippen MR) is 140 cm³/mol. The van der Waals surface area contributed by atoms with Gasteiger partial charge in [0.1, 0.15) is 22.7 Å². The molecule has 36 heavy (non-hydrogen) atoms. The van der Waals surface area contributed by atoms with Crippen molar-refractivity contribution in [3.8, 4) is 18.2 Å². The summed E-state index contributed by atoms with van der Waals surface area (Å²) in [6.07, 6.45) is 7.37. The molecule has 1 aliphatic carbocycles. The minimum Gasteiger partial charge on any atom is -0.342 e. The van der Waals surface area contributed by atoms with Gasteiger partial charge in [-0.2, -0.15) is 15.8 Å². The number of benzene rings is 2. The van der Waals surface area contributed by atoms with E-state index in [1.54, 1.807) is 12.1 Å². The number of nitrogens with one attached hydrogen (secondary N) is 1. The molecule has 0 aliphatic heterocycles. The second-order valence-corrected chi connectivity index (χ2v) is 9.75. The molecule has 1 aliphatic rings. The molecule has 174 valence electrons. The van der Waals surface area contributed by atoms with Gasteiger partial charge in [0.2, 0.25) is 0 Å². The van der Waals surface area contributed by atoms with Gasteiger partial charge in [-0.05, 0) is 55.0 Å². The van der Waals surface area contributed by atoms with Gasteiger partial charge in [-0.25, -0.2) is 0 Å². The smallest absolute Gasteiger partial charge is 0.266 e. The predicted octanol–water partition coefficient (Wildman–Crippen LogP) is 5.92. The Morgan fingerprint density at radius 3 is 2.61 bits per heavy atom. The van der Waals surface area contributed by atoms with Crippen LogP contribution in [0.5, 0.6) is 0 Å². The zero-order valence-electron chi connectivity index (χ0n) is 19.4. The van der Waals surface area contributed by atoms with Gasteiger partial charge in [0, 0.05) is 34.1 Å². The minimum atomic E-state index is -0.528. The first-order valence-electron chi connectivity index (χ1n) is 11.7. The van der Waals surface area contributed by atoms with Crippen molar-refractivity contribution in [2.75, 3.05) is 5.32 Å². The molecule has 2 aromatic carbocycles. The molecule has 1 amide bonds. The lowest BCUT2D eigenvalue weighted by Gasteiger charge is -2.09. The van der Waals surface area contributed by atoms with E-state index < -0.39 is 5.91 Å². The lowest BCUT2D eigenvalue weighted by molar-refractivity contribution is -0.112. The van der Waals surface area contributed by atoms with E-state index in [4.69, 9.17) is 0 Å². The summed E-state index contributed by atoms with van der Waals surface area (Å²) >= 11 is 1.44. The first-order chi connectivity index (χ1) is 17.6. The summed E-state index contributed by atoms with van der Waals surface area (Å²) in [5.41, 5.74) is 4.69. The van der Waals surface area contributed by atoms with Gasteiger partial charge in [0.15, 0.2) is 0 Å². The van der Waals surface area contributed by atoms with Crippen molar-refractivity contribution in [1.82, 2.24) is 4.57 Å². The molecular formula is C29H21N5OS. The third-order valence-electron chi connectivity index (χ3n) is 6.47. The van der Waals surface area contributed by atoms with Gasteiger partial charge in [-0.15, -0.1) is 11.3 Å². The SMILES string of the molecule is N#C/C(=C\c1cn(Cc2ccccc2C#N)c2ccccc12)C(=O)Nc1sc2c(c1C#N)CCCC2. The average molecular weight is 488 g/mol. The van der Waals surface area contributed by atoms with Crippen molar-refractivity contribution in [3.63, 3.8) is 0 Å². The second kappa shape index (κ2) is 9.92. The van der Waals surface area contributed by atoms with Crippen LogP contribution in [0.2, 0.25) is 0 Å². The highest BCUT2D eigenvalue weighted by Gasteiger charge is 2.23. The highest BCUT2D eigenvalue weighted by atomic mass is 32.1. The van der Waals surface area contributed by atoms with Gasteiger partial charge in [0.05, 0.1) is 17.2 Å². The molecule has 0 spiro atoms. The number of fused-ring (bicyclic) bond motifs is 2. The Balaban J connectivity index is 1.49. The number of thiophene rings is 1. The number of hydrogen-bond donors (Lipinski definition) is 1. The third kappa shape index (κ3) is 4.27. The van der Waals surface area contributed by atoms with Gasteiger partial charge in [0.25, 0.3) is 5.91 Å². The van der Waals surface area contributed by atoms with Gasteiger partial charge < -0.3 is 9.88 Å². The number of anilines is 1. The van der Waals surface area contributed by atoms with Crippen LogP contribution < -0.4 is 5.32 Å². The topological polar surface area (TPSA) is 105 Å². The molecule has 0 saturated carbocycles. The maximum absolute atomic E-state index is 13.1. The minimum absolute atomic E-state index is 0.0365. The number of para-hydroxylation sites is 1. The fraction of sp³-hybridized carbons (Fsp3) is 0.172. The maximum atomic E-state index is 13.1. The fourth-order valence-corrected chi connectivity index (χ4v) is 5.95. The Morgan fingerprint density at radius 2 is 1.81 bits per heavy atom. The highest BCUT2D eigenvalue weighted by Crippen LogP contribution is 2.38. The molecule has 0 bridgehead atoms. The van der Waals surface area contributed by atoms with E-state index in [0.717, 1.165) is 58.2 Å². The van der Waals surface area contributed by atoms with E-state index in [1.807, 2.05) is 59.3 Å². The molecule has 5 rings (SSSR count). The summed E-state index contributed by atoms with van der Waals surface area (Å²) in [7, 11) is 0. The molecular weight excluding hydrogens is 466 g/mol. The van der Waals surface area contributed by atoms with Crippen LogP contribution in [0.25, 0.3) is 17.0 Å². The Labute approximate surface area is 212 Å². The van der Waals surface area contributed by atoms with Crippen LogP contribution in [0.1, 0.15) is 45.5 Å². The van der Waals surface area contributed by atoms with E-state index >= 15 is 0 Å². The highest BCUT2D eigenvalue weighted by molar-refractivity contribution is 7.16. The van der Waals surface area contributed by atoms with Crippen molar-refractivity contribution in [1.29, 1.82) is 15.8 Å². The second-order valence-electron chi connectivity index (χ2n) is 8.65. The summed E-state index contributed by atoms with van der Waals surface area (Å²) in [6, 6.07) is 21.7. The Hall–Kier alpha value is -4.64. The number of carbonyl (C=O) groups excluding carboxylic acids is 1. The van der Waals surface area contributed by atoms with E-state index in [2.05, 4.69) is 17.5 Å². The van der Waals surface area contributed by atoms with Crippen molar-refractivity contribution >= 4 is 39.2 Å². The summed E-state index contributed by atoms with van der Waals surface area (Å²) in [6.45, 7) is 0.485. The van der Waals surface area contributed by atoms with E-state index in [9.17, 15) is 20.6 Å². The third-order valence-corrected chi connectivity index (χ3v) is 7.68. The zero-order valence-corrected chi connectivity index (χ0v) is 20.2. The van der Waals surface area contributed by atoms with Crippen LogP contribution in [0.15, 0.2) is 60.3 Å². The number of nitriles is 3. The number of rotatable bonds is 5. The Bertz CT molecular complexity index is 1650. The molecule has 1 N–H and O–H groups in total. The zero-order chi connectivity index (χ0) is 25.1. The first kappa shape index (κ1) is 23.1. The maximum Gasteiger partial charge on any atom is 0.266 e. The largest absolute Gasteiger partial charge is 0.342 e. The number of carbonyl (C=O) groups is 1. The first-order valence-corrected chi connectivity index (χ1v) is 12.5. The monoisotopic (exact) mass is 487 g/mol. The summed E-state index contributed by atoms with van der Waals surface area (Å²) in [4.78, 5) is 14.2. The normalized spacial score (nSPS) is 12.9.